The predicted molar refractivity (Wildman–Crippen MR) is 93.6 cm³/mol. The van der Waals surface area contributed by atoms with Crippen LogP contribution in [-0.2, 0) is 12.0 Å². The number of aryl methyl sites for hydroxylation is 1. The Morgan fingerprint density at radius 1 is 1.48 bits per heavy atom. The molecule has 0 saturated heterocycles. The lowest BCUT2D eigenvalue weighted by molar-refractivity contribution is 0.0931. The lowest BCUT2D eigenvalue weighted by Gasteiger charge is -2.14. The largest absolute Gasteiger partial charge is 0.396 e. The maximum absolute atomic E-state index is 12.4. The van der Waals surface area contributed by atoms with Crippen LogP contribution in [0.3, 0.4) is 0 Å². The van der Waals surface area contributed by atoms with E-state index >= 15 is 0 Å². The second kappa shape index (κ2) is 8.87. The van der Waals surface area contributed by atoms with Gasteiger partial charge in [-0.05, 0) is 31.2 Å². The number of aliphatic hydroxyl groups is 1. The van der Waals surface area contributed by atoms with E-state index in [-0.39, 0.29) is 23.8 Å². The van der Waals surface area contributed by atoms with E-state index in [4.69, 9.17) is 5.11 Å². The van der Waals surface area contributed by atoms with Crippen LogP contribution in [0.5, 0.6) is 0 Å². The first-order chi connectivity index (χ1) is 10.8. The average Bonchev–Trinajstić information content (AvgIpc) is 2.93. The molecule has 1 atom stereocenters. The summed E-state index contributed by atoms with van der Waals surface area (Å²) in [7, 11) is 0. The van der Waals surface area contributed by atoms with Gasteiger partial charge in [-0.3, -0.25) is 9.48 Å². The highest BCUT2D eigenvalue weighted by Crippen LogP contribution is 2.22. The first-order valence-corrected chi connectivity index (χ1v) is 8.38. The van der Waals surface area contributed by atoms with Crippen LogP contribution in [0.15, 0.2) is 18.7 Å². The number of amides is 1. The van der Waals surface area contributed by atoms with Crippen molar-refractivity contribution in [3.63, 3.8) is 0 Å². The Labute approximate surface area is 139 Å². The average molecular weight is 321 g/mol. The van der Waals surface area contributed by atoms with Crippen molar-refractivity contribution < 1.29 is 9.90 Å². The topological polar surface area (TPSA) is 67.2 Å². The van der Waals surface area contributed by atoms with Gasteiger partial charge < -0.3 is 10.4 Å². The van der Waals surface area contributed by atoms with Gasteiger partial charge in [0.05, 0.1) is 5.69 Å². The molecule has 1 aromatic rings. The Balaban J connectivity index is 2.86. The highest BCUT2D eigenvalue weighted by molar-refractivity contribution is 5.92. The monoisotopic (exact) mass is 321 g/mol. The predicted octanol–water partition coefficient (Wildman–Crippen LogP) is 2.90. The number of nitrogens with zero attached hydrogens (tertiary/aromatic N) is 2. The van der Waals surface area contributed by atoms with Crippen LogP contribution in [0.4, 0.5) is 0 Å². The molecule has 0 aromatic carbocycles. The molecule has 1 aromatic heterocycles. The number of hydrogen-bond acceptors (Lipinski definition) is 3. The van der Waals surface area contributed by atoms with Crippen LogP contribution in [-0.4, -0.2) is 33.9 Å². The van der Waals surface area contributed by atoms with E-state index in [9.17, 15) is 4.79 Å². The Morgan fingerprint density at radius 2 is 2.17 bits per heavy atom. The second-order valence-corrected chi connectivity index (χ2v) is 7.17. The summed E-state index contributed by atoms with van der Waals surface area (Å²) in [6.45, 7) is 13.1. The molecule has 5 heteroatoms. The molecule has 1 rings (SSSR count). The molecular weight excluding hydrogens is 290 g/mol. The normalized spacial score (nSPS) is 12.9. The minimum Gasteiger partial charge on any atom is -0.396 e. The summed E-state index contributed by atoms with van der Waals surface area (Å²) in [6.07, 6.45) is 4.89. The maximum atomic E-state index is 12.4. The third-order valence-corrected chi connectivity index (χ3v) is 3.73. The van der Waals surface area contributed by atoms with Gasteiger partial charge >= 0.3 is 0 Å². The molecule has 130 valence electrons. The van der Waals surface area contributed by atoms with E-state index in [2.05, 4.69) is 37.8 Å². The van der Waals surface area contributed by atoms with Gasteiger partial charge in [0, 0.05) is 25.1 Å². The fraction of sp³-hybridized carbons (Fsp3) is 0.667. The van der Waals surface area contributed by atoms with Gasteiger partial charge in [-0.25, -0.2) is 0 Å². The van der Waals surface area contributed by atoms with Crippen LogP contribution in [0.2, 0.25) is 0 Å². The number of hydrogen-bond donors (Lipinski definition) is 2. The highest BCUT2D eigenvalue weighted by atomic mass is 16.3. The Bertz CT molecular complexity index is 515. The van der Waals surface area contributed by atoms with Gasteiger partial charge in [0.1, 0.15) is 5.69 Å². The molecule has 0 aliphatic rings. The standard InChI is InChI=1S/C18H31N3O2/c1-6-7-8-9-10-21-15(11-16(20-21)18(3,4)5)17(23)19-12-14(2)13-22/h6,11,14,22H,1,7-10,12-13H2,2-5H3,(H,19,23). The summed E-state index contributed by atoms with van der Waals surface area (Å²) < 4.78 is 1.81. The first-order valence-electron chi connectivity index (χ1n) is 8.38. The number of aromatic nitrogens is 2. The summed E-state index contributed by atoms with van der Waals surface area (Å²) in [5, 5.41) is 16.6. The third kappa shape index (κ3) is 6.18. The molecule has 0 spiro atoms. The van der Waals surface area contributed by atoms with Gasteiger partial charge in [0.2, 0.25) is 0 Å². The van der Waals surface area contributed by atoms with E-state index in [1.165, 1.54) is 0 Å². The lowest BCUT2D eigenvalue weighted by Crippen LogP contribution is -2.31. The minimum absolute atomic E-state index is 0.0463. The maximum Gasteiger partial charge on any atom is 0.269 e. The molecule has 0 fully saturated rings. The first kappa shape index (κ1) is 19.4. The van der Waals surface area contributed by atoms with E-state index < -0.39 is 0 Å². The molecule has 1 amide bonds. The van der Waals surface area contributed by atoms with Crippen LogP contribution in [0.25, 0.3) is 0 Å². The van der Waals surface area contributed by atoms with Gasteiger partial charge in [0.15, 0.2) is 0 Å². The lowest BCUT2D eigenvalue weighted by atomic mass is 9.92. The second-order valence-electron chi connectivity index (χ2n) is 7.17. The molecule has 0 radical (unpaired) electrons. The van der Waals surface area contributed by atoms with Crippen LogP contribution >= 0.6 is 0 Å². The molecule has 2 N–H and O–H groups in total. The molecule has 0 bridgehead atoms. The molecule has 0 aliphatic heterocycles. The summed E-state index contributed by atoms with van der Waals surface area (Å²) >= 11 is 0. The van der Waals surface area contributed by atoms with Gasteiger partial charge in [-0.1, -0.05) is 33.8 Å². The molecule has 0 aliphatic carbocycles. The number of nitrogens with one attached hydrogen (secondary N) is 1. The number of unbranched alkanes of at least 4 members (excludes halogenated alkanes) is 2. The summed E-state index contributed by atoms with van der Waals surface area (Å²) in [6, 6.07) is 1.88. The Hall–Kier alpha value is -1.62. The van der Waals surface area contributed by atoms with Crippen molar-refractivity contribution in [1.29, 1.82) is 0 Å². The minimum atomic E-state index is -0.128. The van der Waals surface area contributed by atoms with Crippen molar-refractivity contribution in [2.75, 3.05) is 13.2 Å². The molecule has 23 heavy (non-hydrogen) atoms. The van der Waals surface area contributed by atoms with Crippen molar-refractivity contribution in [2.45, 2.75) is 58.9 Å². The smallest absolute Gasteiger partial charge is 0.269 e. The van der Waals surface area contributed by atoms with Gasteiger partial charge in [-0.2, -0.15) is 5.10 Å². The van der Waals surface area contributed by atoms with E-state index in [1.54, 1.807) is 0 Å². The summed E-state index contributed by atoms with van der Waals surface area (Å²) in [4.78, 5) is 12.4. The van der Waals surface area contributed by atoms with Crippen molar-refractivity contribution in [3.8, 4) is 0 Å². The Morgan fingerprint density at radius 3 is 2.74 bits per heavy atom. The molecule has 5 nitrogen and oxygen atoms in total. The zero-order valence-corrected chi connectivity index (χ0v) is 14.9. The van der Waals surface area contributed by atoms with Crippen LogP contribution in [0.1, 0.15) is 63.1 Å². The number of aliphatic hydroxyl groups excluding tert-OH is 1. The summed E-state index contributed by atoms with van der Waals surface area (Å²) in [5.74, 6) is -0.0815. The molecule has 1 unspecified atom stereocenters. The third-order valence-electron chi connectivity index (χ3n) is 3.73. The molecule has 0 saturated carbocycles. The van der Waals surface area contributed by atoms with E-state index in [0.717, 1.165) is 31.5 Å². The number of carbonyl (C=O) groups is 1. The Kier molecular flexibility index (Phi) is 7.49. The zero-order valence-electron chi connectivity index (χ0n) is 14.9. The van der Waals surface area contributed by atoms with E-state index in [1.807, 2.05) is 23.7 Å². The van der Waals surface area contributed by atoms with Crippen molar-refractivity contribution in [1.82, 2.24) is 15.1 Å². The number of carbonyl (C=O) groups excluding carboxylic acids is 1. The van der Waals surface area contributed by atoms with E-state index in [0.29, 0.717) is 12.2 Å². The fourth-order valence-corrected chi connectivity index (χ4v) is 2.11. The zero-order chi connectivity index (χ0) is 17.5. The number of allylic oxidation sites excluding steroid dienone is 1. The van der Waals surface area contributed by atoms with Crippen LogP contribution < -0.4 is 5.32 Å². The van der Waals surface area contributed by atoms with Crippen LogP contribution in [0, 0.1) is 5.92 Å². The van der Waals surface area contributed by atoms with Gasteiger partial charge in [0.25, 0.3) is 5.91 Å². The number of rotatable bonds is 9. The van der Waals surface area contributed by atoms with Crippen molar-refractivity contribution in [2.24, 2.45) is 5.92 Å². The van der Waals surface area contributed by atoms with Gasteiger partial charge in [-0.15, -0.1) is 6.58 Å². The fourth-order valence-electron chi connectivity index (χ4n) is 2.11. The highest BCUT2D eigenvalue weighted by Gasteiger charge is 2.22. The van der Waals surface area contributed by atoms with Crippen molar-refractivity contribution >= 4 is 5.91 Å². The molecular formula is C18H31N3O2. The SMILES string of the molecule is C=CCCCCn1nc(C(C)(C)C)cc1C(=O)NCC(C)CO. The summed E-state index contributed by atoms with van der Waals surface area (Å²) in [5.41, 5.74) is 1.42. The quantitative estimate of drug-likeness (QED) is 0.543. The molecule has 1 heterocycles. The van der Waals surface area contributed by atoms with Crippen molar-refractivity contribution in [3.05, 3.63) is 30.1 Å².